The number of aromatic nitrogens is 2. The van der Waals surface area contributed by atoms with Gasteiger partial charge in [0.05, 0.1) is 0 Å². The van der Waals surface area contributed by atoms with Gasteiger partial charge < -0.3 is 10.6 Å². The van der Waals surface area contributed by atoms with Crippen molar-refractivity contribution in [1.82, 2.24) is 15.3 Å². The molecule has 0 spiro atoms. The van der Waals surface area contributed by atoms with Gasteiger partial charge in [0.1, 0.15) is 22.8 Å². The van der Waals surface area contributed by atoms with Crippen LogP contribution >= 0.6 is 11.6 Å². The lowest BCUT2D eigenvalue weighted by molar-refractivity contribution is -0.121. The number of hydrogen-bond donors (Lipinski definition) is 2. The lowest BCUT2D eigenvalue weighted by Gasteiger charge is -2.14. The molecule has 1 atom stereocenters. The molecule has 0 aromatic carbocycles. The summed E-state index contributed by atoms with van der Waals surface area (Å²) in [5, 5.41) is 6.04. The number of nitrogens with zero attached hydrogens (tertiary/aromatic N) is 2. The highest BCUT2D eigenvalue weighted by Crippen LogP contribution is 2.11. The molecule has 1 heterocycles. The number of carbonyl (C=O) groups excluding carboxylic acids is 1. The van der Waals surface area contributed by atoms with E-state index >= 15 is 0 Å². The van der Waals surface area contributed by atoms with Gasteiger partial charge in [0.2, 0.25) is 5.91 Å². The van der Waals surface area contributed by atoms with E-state index < -0.39 is 0 Å². The molecule has 16 heavy (non-hydrogen) atoms. The summed E-state index contributed by atoms with van der Waals surface area (Å²) in [5.41, 5.74) is 0. The average molecular weight is 243 g/mol. The summed E-state index contributed by atoms with van der Waals surface area (Å²) < 4.78 is 0. The van der Waals surface area contributed by atoms with Crippen LogP contribution < -0.4 is 10.6 Å². The fraction of sp³-hybridized carbons (Fsp3) is 0.500. The van der Waals surface area contributed by atoms with E-state index in [0.717, 1.165) is 0 Å². The first-order chi connectivity index (χ1) is 7.52. The van der Waals surface area contributed by atoms with E-state index in [4.69, 9.17) is 11.6 Å². The Balaban J connectivity index is 2.69. The molecule has 1 rings (SSSR count). The van der Waals surface area contributed by atoms with Crippen molar-refractivity contribution in [3.63, 3.8) is 0 Å². The minimum absolute atomic E-state index is 0.0742. The Morgan fingerprint density at radius 3 is 2.81 bits per heavy atom. The molecule has 0 saturated heterocycles. The molecule has 1 aromatic rings. The van der Waals surface area contributed by atoms with Crippen molar-refractivity contribution in [3.05, 3.63) is 17.0 Å². The van der Waals surface area contributed by atoms with Crippen molar-refractivity contribution in [3.8, 4) is 0 Å². The van der Waals surface area contributed by atoms with Crippen molar-refractivity contribution in [2.75, 3.05) is 11.9 Å². The van der Waals surface area contributed by atoms with Crippen LogP contribution in [-0.2, 0) is 4.79 Å². The number of halogens is 1. The second-order valence-electron chi connectivity index (χ2n) is 3.38. The number of rotatable bonds is 4. The van der Waals surface area contributed by atoms with E-state index in [9.17, 15) is 4.79 Å². The zero-order valence-corrected chi connectivity index (χ0v) is 10.3. The van der Waals surface area contributed by atoms with E-state index in [2.05, 4.69) is 20.6 Å². The second-order valence-corrected chi connectivity index (χ2v) is 3.77. The number of hydrogen-bond acceptors (Lipinski definition) is 4. The normalized spacial score (nSPS) is 12.0. The van der Waals surface area contributed by atoms with E-state index in [-0.39, 0.29) is 11.9 Å². The second kappa shape index (κ2) is 5.65. The summed E-state index contributed by atoms with van der Waals surface area (Å²) in [6.07, 6.45) is 0. The molecule has 1 unspecified atom stereocenters. The Bertz CT molecular complexity index is 363. The molecule has 88 valence electrons. The van der Waals surface area contributed by atoms with Crippen molar-refractivity contribution < 1.29 is 4.79 Å². The first-order valence-corrected chi connectivity index (χ1v) is 5.46. The lowest BCUT2D eigenvalue weighted by atomic mass is 10.3. The Labute approximate surface area is 99.6 Å². The largest absolute Gasteiger partial charge is 0.358 e. The predicted octanol–water partition coefficient (Wildman–Crippen LogP) is 1.37. The minimum atomic E-state index is -0.356. The Kier molecular flexibility index (Phi) is 4.49. The Morgan fingerprint density at radius 1 is 1.56 bits per heavy atom. The SMILES string of the molecule is CCNC(=O)C(C)Nc1cc(Cl)nc(C)n1. The summed E-state index contributed by atoms with van der Waals surface area (Å²) >= 11 is 5.78. The number of nitrogens with one attached hydrogen (secondary N) is 2. The van der Waals surface area contributed by atoms with Gasteiger partial charge in [-0.1, -0.05) is 11.6 Å². The number of anilines is 1. The van der Waals surface area contributed by atoms with Crippen molar-refractivity contribution >= 4 is 23.3 Å². The molecule has 0 fully saturated rings. The molecule has 6 heteroatoms. The molecule has 0 aliphatic heterocycles. The molecule has 0 aliphatic carbocycles. The molecular weight excluding hydrogens is 228 g/mol. The van der Waals surface area contributed by atoms with Crippen LogP contribution in [0, 0.1) is 6.92 Å². The van der Waals surface area contributed by atoms with Crippen LogP contribution in [0.4, 0.5) is 5.82 Å². The van der Waals surface area contributed by atoms with Crippen LogP contribution in [0.1, 0.15) is 19.7 Å². The summed E-state index contributed by atoms with van der Waals surface area (Å²) in [6, 6.07) is 1.23. The molecular formula is C10H15ClN4O. The van der Waals surface area contributed by atoms with E-state index in [1.54, 1.807) is 19.9 Å². The Hall–Kier alpha value is -1.36. The molecule has 0 aliphatic rings. The minimum Gasteiger partial charge on any atom is -0.358 e. The molecule has 0 saturated carbocycles. The summed E-state index contributed by atoms with van der Waals surface area (Å²) in [6.45, 7) is 5.98. The maximum absolute atomic E-state index is 11.5. The van der Waals surface area contributed by atoms with E-state index in [0.29, 0.717) is 23.3 Å². The van der Waals surface area contributed by atoms with Crippen LogP contribution in [-0.4, -0.2) is 28.5 Å². The molecule has 2 N–H and O–H groups in total. The average Bonchev–Trinajstić information content (AvgIpc) is 2.16. The Morgan fingerprint density at radius 2 is 2.25 bits per heavy atom. The fourth-order valence-electron chi connectivity index (χ4n) is 1.22. The van der Waals surface area contributed by atoms with Crippen LogP contribution in [0.25, 0.3) is 0 Å². The van der Waals surface area contributed by atoms with E-state index in [1.165, 1.54) is 0 Å². The van der Waals surface area contributed by atoms with Gasteiger partial charge in [0.15, 0.2) is 0 Å². The van der Waals surface area contributed by atoms with Gasteiger partial charge in [-0.05, 0) is 20.8 Å². The van der Waals surface area contributed by atoms with Gasteiger partial charge >= 0.3 is 0 Å². The summed E-state index contributed by atoms with van der Waals surface area (Å²) in [5.74, 6) is 1.05. The third-order valence-corrected chi connectivity index (χ3v) is 2.11. The van der Waals surface area contributed by atoms with Crippen molar-refractivity contribution in [1.29, 1.82) is 0 Å². The first-order valence-electron chi connectivity index (χ1n) is 5.08. The number of carbonyl (C=O) groups is 1. The highest BCUT2D eigenvalue weighted by molar-refractivity contribution is 6.29. The lowest BCUT2D eigenvalue weighted by Crippen LogP contribution is -2.37. The van der Waals surface area contributed by atoms with Crippen LogP contribution in [0.2, 0.25) is 5.15 Å². The zero-order valence-electron chi connectivity index (χ0n) is 9.54. The summed E-state index contributed by atoms with van der Waals surface area (Å²) in [4.78, 5) is 19.5. The van der Waals surface area contributed by atoms with Gasteiger partial charge in [-0.2, -0.15) is 0 Å². The van der Waals surface area contributed by atoms with Gasteiger partial charge in [-0.15, -0.1) is 0 Å². The first kappa shape index (κ1) is 12.7. The van der Waals surface area contributed by atoms with Crippen LogP contribution in [0.3, 0.4) is 0 Å². The van der Waals surface area contributed by atoms with Crippen LogP contribution in [0.15, 0.2) is 6.07 Å². The standard InChI is InChI=1S/C10H15ClN4O/c1-4-12-10(16)6(2)13-9-5-8(11)14-7(3)15-9/h5-6H,4H2,1-3H3,(H,12,16)(H,13,14,15). The third kappa shape index (κ3) is 3.66. The van der Waals surface area contributed by atoms with Gasteiger partial charge in [-0.3, -0.25) is 4.79 Å². The molecule has 5 nitrogen and oxygen atoms in total. The van der Waals surface area contributed by atoms with Crippen molar-refractivity contribution in [2.45, 2.75) is 26.8 Å². The topological polar surface area (TPSA) is 66.9 Å². The monoisotopic (exact) mass is 242 g/mol. The van der Waals surface area contributed by atoms with E-state index in [1.807, 2.05) is 6.92 Å². The van der Waals surface area contributed by atoms with Crippen molar-refractivity contribution in [2.24, 2.45) is 0 Å². The fourth-order valence-corrected chi connectivity index (χ4v) is 1.45. The number of aryl methyl sites for hydroxylation is 1. The molecule has 1 amide bonds. The molecule has 1 aromatic heterocycles. The third-order valence-electron chi connectivity index (χ3n) is 1.92. The number of likely N-dealkylation sites (N-methyl/N-ethyl adjacent to an activating group) is 1. The quantitative estimate of drug-likeness (QED) is 0.783. The highest BCUT2D eigenvalue weighted by atomic mass is 35.5. The summed E-state index contributed by atoms with van der Waals surface area (Å²) in [7, 11) is 0. The molecule has 0 bridgehead atoms. The zero-order chi connectivity index (χ0) is 12.1. The maximum atomic E-state index is 11.5. The highest BCUT2D eigenvalue weighted by Gasteiger charge is 2.12. The molecule has 0 radical (unpaired) electrons. The maximum Gasteiger partial charge on any atom is 0.242 e. The predicted molar refractivity (Wildman–Crippen MR) is 63.5 cm³/mol. The van der Waals surface area contributed by atoms with Gasteiger partial charge in [0, 0.05) is 12.6 Å². The van der Waals surface area contributed by atoms with Gasteiger partial charge in [-0.25, -0.2) is 9.97 Å². The smallest absolute Gasteiger partial charge is 0.242 e. The number of amides is 1. The van der Waals surface area contributed by atoms with Crippen LogP contribution in [0.5, 0.6) is 0 Å². The van der Waals surface area contributed by atoms with Gasteiger partial charge in [0.25, 0.3) is 0 Å².